The third kappa shape index (κ3) is 3.84. The molecular formula is C15H23NO2. The van der Waals surface area contributed by atoms with E-state index in [0.717, 1.165) is 6.54 Å². The first-order chi connectivity index (χ1) is 8.26. The lowest BCUT2D eigenvalue weighted by Gasteiger charge is -2.28. The molecule has 0 aliphatic carbocycles. The molecule has 0 bridgehead atoms. The van der Waals surface area contributed by atoms with Crippen molar-refractivity contribution in [3.63, 3.8) is 0 Å². The van der Waals surface area contributed by atoms with Crippen LogP contribution in [0.5, 0.6) is 0 Å². The Bertz CT molecular complexity index is 396. The second-order valence-corrected chi connectivity index (χ2v) is 6.04. The lowest BCUT2D eigenvalue weighted by Crippen LogP contribution is -2.41. The summed E-state index contributed by atoms with van der Waals surface area (Å²) in [6.45, 7) is 9.01. The molecule has 2 N–H and O–H groups in total. The predicted molar refractivity (Wildman–Crippen MR) is 73.8 cm³/mol. The third-order valence-electron chi connectivity index (χ3n) is 3.27. The van der Waals surface area contributed by atoms with Gasteiger partial charge in [-0.25, -0.2) is 0 Å². The van der Waals surface area contributed by atoms with Gasteiger partial charge in [-0.1, -0.05) is 44.2 Å². The largest absolute Gasteiger partial charge is 0.481 e. The zero-order valence-electron chi connectivity index (χ0n) is 11.7. The lowest BCUT2D eigenvalue weighted by atomic mass is 9.84. The second-order valence-electron chi connectivity index (χ2n) is 6.04. The summed E-state index contributed by atoms with van der Waals surface area (Å²) in [6.07, 6.45) is 0. The van der Waals surface area contributed by atoms with Gasteiger partial charge < -0.3 is 10.4 Å². The van der Waals surface area contributed by atoms with Gasteiger partial charge >= 0.3 is 5.97 Å². The van der Waals surface area contributed by atoms with Gasteiger partial charge in [-0.2, -0.15) is 0 Å². The van der Waals surface area contributed by atoms with Crippen LogP contribution < -0.4 is 5.32 Å². The Balaban J connectivity index is 2.56. The van der Waals surface area contributed by atoms with Crippen molar-refractivity contribution in [1.82, 2.24) is 5.32 Å². The van der Waals surface area contributed by atoms with Gasteiger partial charge in [0.1, 0.15) is 0 Å². The summed E-state index contributed by atoms with van der Waals surface area (Å²) in [4.78, 5) is 11.0. The topological polar surface area (TPSA) is 49.3 Å². The highest BCUT2D eigenvalue weighted by atomic mass is 16.4. The Labute approximate surface area is 109 Å². The lowest BCUT2D eigenvalue weighted by molar-refractivity contribution is -0.146. The fourth-order valence-electron chi connectivity index (χ4n) is 1.75. The first-order valence-corrected chi connectivity index (χ1v) is 6.25. The fraction of sp³-hybridized carbons (Fsp3) is 0.533. The van der Waals surface area contributed by atoms with E-state index in [2.05, 4.69) is 31.3 Å². The highest BCUT2D eigenvalue weighted by Crippen LogP contribution is 2.22. The smallest absolute Gasteiger partial charge is 0.310 e. The summed E-state index contributed by atoms with van der Waals surface area (Å²) in [5, 5.41) is 12.3. The van der Waals surface area contributed by atoms with E-state index in [4.69, 9.17) is 5.11 Å². The fourth-order valence-corrected chi connectivity index (χ4v) is 1.75. The van der Waals surface area contributed by atoms with E-state index in [0.29, 0.717) is 6.54 Å². The van der Waals surface area contributed by atoms with Crippen LogP contribution in [0, 0.1) is 5.41 Å². The van der Waals surface area contributed by atoms with Gasteiger partial charge in [0.15, 0.2) is 0 Å². The van der Waals surface area contributed by atoms with Gasteiger partial charge in [0.2, 0.25) is 0 Å². The van der Waals surface area contributed by atoms with E-state index in [1.165, 1.54) is 5.56 Å². The second kappa shape index (κ2) is 5.53. The minimum absolute atomic E-state index is 0.00412. The average Bonchev–Trinajstić information content (AvgIpc) is 2.29. The molecule has 3 heteroatoms. The summed E-state index contributed by atoms with van der Waals surface area (Å²) in [5.74, 6) is -0.771. The van der Waals surface area contributed by atoms with Crippen molar-refractivity contribution in [2.45, 2.75) is 33.1 Å². The molecule has 18 heavy (non-hydrogen) atoms. The molecule has 0 radical (unpaired) electrons. The molecule has 1 rings (SSSR count). The normalized spacial score (nSPS) is 12.4. The minimum Gasteiger partial charge on any atom is -0.481 e. The van der Waals surface area contributed by atoms with Gasteiger partial charge in [-0.3, -0.25) is 4.79 Å². The molecule has 0 unspecified atom stereocenters. The van der Waals surface area contributed by atoms with E-state index in [-0.39, 0.29) is 5.41 Å². The Morgan fingerprint density at radius 1 is 1.11 bits per heavy atom. The number of carbonyl (C=O) groups is 1. The van der Waals surface area contributed by atoms with Crippen molar-refractivity contribution in [3.05, 3.63) is 35.9 Å². The molecule has 0 aliphatic heterocycles. The number of hydrogen-bond donors (Lipinski definition) is 2. The van der Waals surface area contributed by atoms with Gasteiger partial charge in [-0.05, 0) is 19.4 Å². The molecule has 0 heterocycles. The van der Waals surface area contributed by atoms with E-state index in [1.807, 2.05) is 18.2 Å². The molecular weight excluding hydrogens is 226 g/mol. The first kappa shape index (κ1) is 14.7. The molecule has 1 aromatic carbocycles. The van der Waals surface area contributed by atoms with Crippen LogP contribution in [0.2, 0.25) is 0 Å². The molecule has 0 aliphatic rings. The maximum absolute atomic E-state index is 11.0. The third-order valence-corrected chi connectivity index (χ3v) is 3.27. The number of nitrogens with one attached hydrogen (secondary N) is 1. The van der Waals surface area contributed by atoms with Crippen molar-refractivity contribution in [3.8, 4) is 0 Å². The number of carboxylic acid groups (broad SMARTS) is 1. The van der Waals surface area contributed by atoms with Crippen LogP contribution in [-0.2, 0) is 10.2 Å². The van der Waals surface area contributed by atoms with Crippen LogP contribution in [0.1, 0.15) is 33.3 Å². The number of carboxylic acids is 1. The quantitative estimate of drug-likeness (QED) is 0.815. The average molecular weight is 249 g/mol. The summed E-state index contributed by atoms with van der Waals surface area (Å²) < 4.78 is 0. The molecule has 100 valence electrons. The molecule has 3 nitrogen and oxygen atoms in total. The van der Waals surface area contributed by atoms with Crippen LogP contribution in [0.4, 0.5) is 0 Å². The number of hydrogen-bond acceptors (Lipinski definition) is 2. The van der Waals surface area contributed by atoms with E-state index >= 15 is 0 Å². The van der Waals surface area contributed by atoms with E-state index in [1.54, 1.807) is 13.8 Å². The zero-order valence-corrected chi connectivity index (χ0v) is 11.7. The van der Waals surface area contributed by atoms with Crippen molar-refractivity contribution in [1.29, 1.82) is 0 Å². The molecule has 0 amide bonds. The van der Waals surface area contributed by atoms with Crippen LogP contribution in [0.3, 0.4) is 0 Å². The van der Waals surface area contributed by atoms with Crippen molar-refractivity contribution in [2.24, 2.45) is 5.41 Å². The molecule has 0 atom stereocenters. The maximum Gasteiger partial charge on any atom is 0.310 e. The minimum atomic E-state index is -0.771. The number of rotatable bonds is 6. The molecule has 0 aromatic heterocycles. The molecule has 1 aromatic rings. The maximum atomic E-state index is 11.0. The molecule has 0 fully saturated rings. The van der Waals surface area contributed by atoms with Crippen molar-refractivity contribution < 1.29 is 9.90 Å². The summed E-state index contributed by atoms with van der Waals surface area (Å²) in [6, 6.07) is 10.3. The standard InChI is InChI=1S/C15H23NO2/c1-14(2,12-8-6-5-7-9-12)10-16-11-15(3,4)13(17)18/h5-9,16H,10-11H2,1-4H3,(H,17,18). The first-order valence-electron chi connectivity index (χ1n) is 6.25. The van der Waals surface area contributed by atoms with Crippen LogP contribution in [0.25, 0.3) is 0 Å². The van der Waals surface area contributed by atoms with E-state index < -0.39 is 11.4 Å². The SMILES string of the molecule is CC(C)(CNCC(C)(C)c1ccccc1)C(=O)O. The van der Waals surface area contributed by atoms with Gasteiger partial charge in [-0.15, -0.1) is 0 Å². The van der Waals surface area contributed by atoms with Crippen molar-refractivity contribution in [2.75, 3.05) is 13.1 Å². The Morgan fingerprint density at radius 2 is 1.67 bits per heavy atom. The highest BCUT2D eigenvalue weighted by Gasteiger charge is 2.28. The molecule has 0 spiro atoms. The molecule has 0 saturated heterocycles. The Morgan fingerprint density at radius 3 is 2.17 bits per heavy atom. The monoisotopic (exact) mass is 249 g/mol. The van der Waals surface area contributed by atoms with Crippen LogP contribution in [0.15, 0.2) is 30.3 Å². The summed E-state index contributed by atoms with van der Waals surface area (Å²) in [7, 11) is 0. The highest BCUT2D eigenvalue weighted by molar-refractivity contribution is 5.73. The van der Waals surface area contributed by atoms with Crippen molar-refractivity contribution >= 4 is 5.97 Å². The molecule has 0 saturated carbocycles. The van der Waals surface area contributed by atoms with Crippen LogP contribution in [-0.4, -0.2) is 24.2 Å². The van der Waals surface area contributed by atoms with Gasteiger partial charge in [0.05, 0.1) is 5.41 Å². The van der Waals surface area contributed by atoms with Crippen LogP contribution >= 0.6 is 0 Å². The number of benzene rings is 1. The number of aliphatic carboxylic acids is 1. The van der Waals surface area contributed by atoms with Gasteiger partial charge in [0, 0.05) is 18.5 Å². The van der Waals surface area contributed by atoms with Gasteiger partial charge in [0.25, 0.3) is 0 Å². The predicted octanol–water partition coefficient (Wildman–Crippen LogP) is 2.66. The Hall–Kier alpha value is -1.35. The summed E-state index contributed by atoms with van der Waals surface area (Å²) >= 11 is 0. The Kier molecular flexibility index (Phi) is 4.52. The zero-order chi connectivity index (χ0) is 13.8. The van der Waals surface area contributed by atoms with E-state index in [9.17, 15) is 4.79 Å². The summed E-state index contributed by atoms with van der Waals surface area (Å²) in [5.41, 5.74) is 0.522.